The summed E-state index contributed by atoms with van der Waals surface area (Å²) < 4.78 is 26.3. The van der Waals surface area contributed by atoms with Crippen LogP contribution in [0.3, 0.4) is 0 Å². The van der Waals surface area contributed by atoms with Crippen LogP contribution in [0.2, 0.25) is 4.34 Å². The lowest BCUT2D eigenvalue weighted by molar-refractivity contribution is 0.564. The minimum absolute atomic E-state index is 0. The van der Waals surface area contributed by atoms with Crippen LogP contribution in [-0.4, -0.2) is 21.0 Å². The Balaban J connectivity index is 0.00000196. The summed E-state index contributed by atoms with van der Waals surface area (Å²) in [6, 6.07) is 2.74. The molecule has 0 unspecified atom stereocenters. The van der Waals surface area contributed by atoms with E-state index < -0.39 is 10.0 Å². The molecule has 1 heterocycles. The highest BCUT2D eigenvalue weighted by Gasteiger charge is 2.18. The Kier molecular flexibility index (Phi) is 6.09. The molecule has 88 valence electrons. The van der Waals surface area contributed by atoms with Crippen LogP contribution in [0.25, 0.3) is 0 Å². The van der Waals surface area contributed by atoms with Gasteiger partial charge in [-0.2, -0.15) is 0 Å². The number of sulfonamides is 1. The molecule has 1 atom stereocenters. The van der Waals surface area contributed by atoms with Gasteiger partial charge in [0, 0.05) is 12.6 Å². The predicted molar refractivity (Wildman–Crippen MR) is 65.4 cm³/mol. The minimum atomic E-state index is -3.45. The van der Waals surface area contributed by atoms with Gasteiger partial charge in [-0.3, -0.25) is 0 Å². The van der Waals surface area contributed by atoms with Gasteiger partial charge in [0.2, 0.25) is 10.0 Å². The van der Waals surface area contributed by atoms with Crippen LogP contribution in [0.5, 0.6) is 0 Å². The Morgan fingerprint density at radius 2 is 2.20 bits per heavy atom. The normalized spacial score (nSPS) is 13.3. The Morgan fingerprint density at radius 1 is 1.60 bits per heavy atom. The second-order valence-corrected chi connectivity index (χ2v) is 6.47. The number of thiophene rings is 1. The van der Waals surface area contributed by atoms with Gasteiger partial charge in [-0.25, -0.2) is 13.1 Å². The zero-order valence-electron chi connectivity index (χ0n) is 7.94. The number of rotatable bonds is 4. The number of hydrogen-bond donors (Lipinski definition) is 2. The maximum Gasteiger partial charge on any atom is 0.250 e. The van der Waals surface area contributed by atoms with Crippen molar-refractivity contribution in [1.82, 2.24) is 4.72 Å². The largest absolute Gasteiger partial charge is 0.329 e. The lowest BCUT2D eigenvalue weighted by Crippen LogP contribution is -2.37. The first-order valence-corrected chi connectivity index (χ1v) is 6.61. The van der Waals surface area contributed by atoms with E-state index in [1.807, 2.05) is 0 Å². The molecule has 0 aromatic carbocycles. The molecule has 1 aromatic rings. The Labute approximate surface area is 104 Å². The fourth-order valence-electron chi connectivity index (χ4n) is 0.813. The highest BCUT2D eigenvalue weighted by molar-refractivity contribution is 7.91. The van der Waals surface area contributed by atoms with E-state index in [9.17, 15) is 8.42 Å². The van der Waals surface area contributed by atoms with Crippen molar-refractivity contribution >= 4 is 45.4 Å². The van der Waals surface area contributed by atoms with E-state index in [2.05, 4.69) is 4.72 Å². The summed E-state index contributed by atoms with van der Waals surface area (Å²) in [7, 11) is -3.45. The number of nitrogens with two attached hydrogens (primary N) is 1. The molecule has 0 radical (unpaired) electrons. The molecule has 0 fully saturated rings. The van der Waals surface area contributed by atoms with Crippen molar-refractivity contribution in [3.63, 3.8) is 0 Å². The molecule has 0 amide bonds. The summed E-state index contributed by atoms with van der Waals surface area (Å²) in [5.74, 6) is 0. The molecule has 1 aromatic heterocycles. The molecular weight excluding hydrogens is 279 g/mol. The van der Waals surface area contributed by atoms with Crippen LogP contribution in [0.4, 0.5) is 0 Å². The topological polar surface area (TPSA) is 72.2 Å². The van der Waals surface area contributed by atoms with Gasteiger partial charge < -0.3 is 5.73 Å². The monoisotopic (exact) mass is 290 g/mol. The lowest BCUT2D eigenvalue weighted by atomic mass is 10.4. The minimum Gasteiger partial charge on any atom is -0.329 e. The van der Waals surface area contributed by atoms with Gasteiger partial charge in [0.25, 0.3) is 0 Å². The van der Waals surface area contributed by atoms with Crippen LogP contribution in [0, 0.1) is 0 Å². The molecule has 0 aliphatic rings. The molecule has 0 aliphatic carbocycles. The summed E-state index contributed by atoms with van der Waals surface area (Å²) in [5, 5.41) is 0. The first-order valence-electron chi connectivity index (χ1n) is 3.93. The summed E-state index contributed by atoms with van der Waals surface area (Å²) in [4.78, 5) is 0. The zero-order valence-corrected chi connectivity index (χ0v) is 11.1. The van der Waals surface area contributed by atoms with E-state index >= 15 is 0 Å². The van der Waals surface area contributed by atoms with Crippen molar-refractivity contribution in [3.05, 3.63) is 16.5 Å². The average molecular weight is 291 g/mol. The van der Waals surface area contributed by atoms with E-state index in [0.717, 1.165) is 11.3 Å². The van der Waals surface area contributed by atoms with Crippen LogP contribution < -0.4 is 10.5 Å². The first kappa shape index (κ1) is 15.2. The van der Waals surface area contributed by atoms with Crippen LogP contribution in [-0.2, 0) is 10.0 Å². The highest BCUT2D eigenvalue weighted by Crippen LogP contribution is 2.25. The number of nitrogens with one attached hydrogen (secondary N) is 1. The summed E-state index contributed by atoms with van der Waals surface area (Å²) in [5.41, 5.74) is 5.31. The third-order valence-electron chi connectivity index (χ3n) is 1.52. The number of halogens is 2. The van der Waals surface area contributed by atoms with Gasteiger partial charge in [-0.15, -0.1) is 23.7 Å². The Hall–Kier alpha value is 0.150. The molecule has 8 heteroatoms. The third kappa shape index (κ3) is 4.26. The summed E-state index contributed by atoms with van der Waals surface area (Å²) >= 11 is 6.66. The molecule has 15 heavy (non-hydrogen) atoms. The SMILES string of the molecule is C[C@@H](CN)NS(=O)(=O)c1ccc(Cl)s1.Cl. The predicted octanol–water partition coefficient (Wildman–Crippen LogP) is 1.45. The standard InChI is InChI=1S/C7H11ClN2O2S2.ClH/c1-5(4-9)10-14(11,12)7-3-2-6(8)13-7;/h2-3,5,10H,4,9H2,1H3;1H/t5-;/m0./s1. The van der Waals surface area contributed by atoms with Crippen LogP contribution in [0.15, 0.2) is 16.3 Å². The van der Waals surface area contributed by atoms with Gasteiger partial charge in [0.05, 0.1) is 4.34 Å². The van der Waals surface area contributed by atoms with Crippen molar-refractivity contribution in [2.24, 2.45) is 5.73 Å². The lowest BCUT2D eigenvalue weighted by Gasteiger charge is -2.09. The summed E-state index contributed by atoms with van der Waals surface area (Å²) in [6.45, 7) is 1.96. The quantitative estimate of drug-likeness (QED) is 0.882. The average Bonchev–Trinajstić information content (AvgIpc) is 2.51. The van der Waals surface area contributed by atoms with Crippen LogP contribution >= 0.6 is 35.3 Å². The van der Waals surface area contributed by atoms with Gasteiger partial charge in [-0.05, 0) is 19.1 Å². The van der Waals surface area contributed by atoms with Crippen molar-refractivity contribution in [1.29, 1.82) is 0 Å². The fourth-order valence-corrected chi connectivity index (χ4v) is 3.57. The fraction of sp³-hybridized carbons (Fsp3) is 0.429. The van der Waals surface area contributed by atoms with E-state index in [1.165, 1.54) is 6.07 Å². The second kappa shape index (κ2) is 6.03. The van der Waals surface area contributed by atoms with Gasteiger partial charge in [0.15, 0.2) is 0 Å². The third-order valence-corrected chi connectivity index (χ3v) is 4.84. The van der Waals surface area contributed by atoms with Crippen molar-refractivity contribution < 1.29 is 8.42 Å². The molecule has 0 spiro atoms. The molecular formula is C7H12Cl2N2O2S2. The summed E-state index contributed by atoms with van der Waals surface area (Å²) in [6.07, 6.45) is 0. The van der Waals surface area contributed by atoms with Crippen molar-refractivity contribution in [2.45, 2.75) is 17.2 Å². The van der Waals surface area contributed by atoms with E-state index in [1.54, 1.807) is 13.0 Å². The van der Waals surface area contributed by atoms with Gasteiger partial charge in [0.1, 0.15) is 4.21 Å². The highest BCUT2D eigenvalue weighted by atomic mass is 35.5. The number of hydrogen-bond acceptors (Lipinski definition) is 4. The Morgan fingerprint density at radius 3 is 2.60 bits per heavy atom. The molecule has 0 saturated carbocycles. The van der Waals surface area contributed by atoms with Crippen molar-refractivity contribution in [3.8, 4) is 0 Å². The van der Waals surface area contributed by atoms with Gasteiger partial charge >= 0.3 is 0 Å². The smallest absolute Gasteiger partial charge is 0.250 e. The van der Waals surface area contributed by atoms with Crippen LogP contribution in [0.1, 0.15) is 6.92 Å². The molecule has 3 N–H and O–H groups in total. The molecule has 0 aliphatic heterocycles. The first-order chi connectivity index (χ1) is 6.45. The van der Waals surface area contributed by atoms with Crippen molar-refractivity contribution in [2.75, 3.05) is 6.54 Å². The van der Waals surface area contributed by atoms with Gasteiger partial charge in [-0.1, -0.05) is 11.6 Å². The molecule has 1 rings (SSSR count). The second-order valence-electron chi connectivity index (χ2n) is 2.82. The van der Waals surface area contributed by atoms with E-state index in [4.69, 9.17) is 17.3 Å². The van der Waals surface area contributed by atoms with E-state index in [0.29, 0.717) is 4.34 Å². The van der Waals surface area contributed by atoms with E-state index in [-0.39, 0.29) is 29.2 Å². The maximum atomic E-state index is 11.6. The Bertz CT molecular complexity index is 405. The molecule has 4 nitrogen and oxygen atoms in total. The zero-order chi connectivity index (χ0) is 10.8. The molecule has 0 bridgehead atoms. The molecule has 0 saturated heterocycles. The maximum absolute atomic E-state index is 11.6.